The summed E-state index contributed by atoms with van der Waals surface area (Å²) in [7, 11) is 0. The molecular formula is C13H18ClN5OS. The first-order valence-corrected chi connectivity index (χ1v) is 7.48. The second-order valence-corrected chi connectivity index (χ2v) is 5.43. The van der Waals surface area contributed by atoms with Crippen molar-refractivity contribution in [3.63, 3.8) is 0 Å². The molecule has 21 heavy (non-hydrogen) atoms. The number of H-pyrrole nitrogens is 1. The SMILES string of the molecule is CSC(C)C(=O)Nc1ccc(-c2n[nH]c(CN)n2)cc1.Cl. The second-order valence-electron chi connectivity index (χ2n) is 4.25. The molecule has 0 aliphatic rings. The first kappa shape index (κ1) is 17.5. The number of thioether (sulfide) groups is 1. The smallest absolute Gasteiger partial charge is 0.237 e. The maximum absolute atomic E-state index is 11.8. The summed E-state index contributed by atoms with van der Waals surface area (Å²) >= 11 is 1.51. The van der Waals surface area contributed by atoms with Gasteiger partial charge in [-0.25, -0.2) is 4.98 Å². The molecule has 0 radical (unpaired) electrons. The lowest BCUT2D eigenvalue weighted by molar-refractivity contribution is -0.115. The molecule has 114 valence electrons. The Bertz CT molecular complexity index is 587. The fourth-order valence-electron chi connectivity index (χ4n) is 1.57. The maximum atomic E-state index is 11.8. The number of carbonyl (C=O) groups excluding carboxylic acids is 1. The number of nitrogens with zero attached hydrogens (tertiary/aromatic N) is 2. The third kappa shape index (κ3) is 4.45. The first-order chi connectivity index (χ1) is 9.63. The average Bonchev–Trinajstić information content (AvgIpc) is 2.96. The van der Waals surface area contributed by atoms with Crippen LogP contribution in [0, 0.1) is 0 Å². The predicted molar refractivity (Wildman–Crippen MR) is 88.6 cm³/mol. The molecule has 4 N–H and O–H groups in total. The van der Waals surface area contributed by atoms with Gasteiger partial charge >= 0.3 is 0 Å². The van der Waals surface area contributed by atoms with E-state index in [4.69, 9.17) is 5.73 Å². The molecule has 1 amide bonds. The predicted octanol–water partition coefficient (Wildman–Crippen LogP) is 2.04. The lowest BCUT2D eigenvalue weighted by Gasteiger charge is -2.09. The molecule has 1 unspecified atom stereocenters. The minimum Gasteiger partial charge on any atom is -0.325 e. The summed E-state index contributed by atoms with van der Waals surface area (Å²) in [4.78, 5) is 16.0. The molecule has 1 heterocycles. The lowest BCUT2D eigenvalue weighted by atomic mass is 10.2. The molecular weight excluding hydrogens is 310 g/mol. The average molecular weight is 328 g/mol. The van der Waals surface area contributed by atoms with Crippen molar-refractivity contribution in [2.24, 2.45) is 5.73 Å². The molecule has 1 atom stereocenters. The van der Waals surface area contributed by atoms with Crippen molar-refractivity contribution in [2.45, 2.75) is 18.7 Å². The van der Waals surface area contributed by atoms with E-state index in [1.165, 1.54) is 11.8 Å². The molecule has 1 aromatic carbocycles. The van der Waals surface area contributed by atoms with Crippen LogP contribution in [0.2, 0.25) is 0 Å². The van der Waals surface area contributed by atoms with Gasteiger partial charge in [-0.05, 0) is 37.4 Å². The summed E-state index contributed by atoms with van der Waals surface area (Å²) in [6.45, 7) is 2.20. The summed E-state index contributed by atoms with van der Waals surface area (Å²) in [6.07, 6.45) is 1.91. The number of aromatic nitrogens is 3. The number of nitrogens with one attached hydrogen (secondary N) is 2. The van der Waals surface area contributed by atoms with Gasteiger partial charge in [0.15, 0.2) is 5.82 Å². The normalized spacial score (nSPS) is 11.6. The van der Waals surface area contributed by atoms with Crippen molar-refractivity contribution in [1.29, 1.82) is 0 Å². The molecule has 6 nitrogen and oxygen atoms in total. The van der Waals surface area contributed by atoms with Gasteiger partial charge in [0.05, 0.1) is 11.8 Å². The summed E-state index contributed by atoms with van der Waals surface area (Å²) in [5.74, 6) is 1.24. The van der Waals surface area contributed by atoms with E-state index in [0.29, 0.717) is 18.2 Å². The lowest BCUT2D eigenvalue weighted by Crippen LogP contribution is -2.21. The summed E-state index contributed by atoms with van der Waals surface area (Å²) in [6, 6.07) is 7.39. The second kappa shape index (κ2) is 8.02. The first-order valence-electron chi connectivity index (χ1n) is 6.19. The van der Waals surface area contributed by atoms with Crippen LogP contribution in [-0.4, -0.2) is 32.6 Å². The molecule has 0 aliphatic carbocycles. The molecule has 0 spiro atoms. The highest BCUT2D eigenvalue weighted by Crippen LogP contribution is 2.18. The van der Waals surface area contributed by atoms with Crippen molar-refractivity contribution >= 4 is 35.8 Å². The Morgan fingerprint density at radius 3 is 2.62 bits per heavy atom. The van der Waals surface area contributed by atoms with E-state index in [1.807, 2.05) is 37.4 Å². The highest BCUT2D eigenvalue weighted by atomic mass is 35.5. The minimum atomic E-state index is -0.0743. The summed E-state index contributed by atoms with van der Waals surface area (Å²) in [5.41, 5.74) is 7.11. The molecule has 8 heteroatoms. The Morgan fingerprint density at radius 2 is 2.10 bits per heavy atom. The Balaban J connectivity index is 0.00000220. The van der Waals surface area contributed by atoms with Crippen LogP contribution in [0.25, 0.3) is 11.4 Å². The third-order valence-corrected chi connectivity index (χ3v) is 3.78. The van der Waals surface area contributed by atoms with Crippen LogP contribution in [0.5, 0.6) is 0 Å². The molecule has 0 bridgehead atoms. The van der Waals surface area contributed by atoms with Crippen LogP contribution in [0.4, 0.5) is 5.69 Å². The molecule has 1 aromatic heterocycles. The van der Waals surface area contributed by atoms with E-state index in [1.54, 1.807) is 0 Å². The van der Waals surface area contributed by atoms with E-state index in [9.17, 15) is 4.79 Å². The van der Waals surface area contributed by atoms with Crippen LogP contribution < -0.4 is 11.1 Å². The van der Waals surface area contributed by atoms with Gasteiger partial charge in [-0.15, -0.1) is 12.4 Å². The molecule has 0 saturated heterocycles. The standard InChI is InChI=1S/C13H17N5OS.ClH/c1-8(20-2)13(19)15-10-5-3-9(4-6-10)12-16-11(7-14)17-18-12;/h3-6,8H,7,14H2,1-2H3,(H,15,19)(H,16,17,18);1H. The van der Waals surface area contributed by atoms with E-state index in [-0.39, 0.29) is 23.6 Å². The Kier molecular flexibility index (Phi) is 6.67. The van der Waals surface area contributed by atoms with Crippen molar-refractivity contribution in [1.82, 2.24) is 15.2 Å². The zero-order chi connectivity index (χ0) is 14.5. The number of aromatic amines is 1. The van der Waals surface area contributed by atoms with Crippen LogP contribution in [0.3, 0.4) is 0 Å². The van der Waals surface area contributed by atoms with E-state index < -0.39 is 0 Å². The number of rotatable bonds is 5. The van der Waals surface area contributed by atoms with Gasteiger partial charge in [-0.1, -0.05) is 0 Å². The molecule has 0 fully saturated rings. The van der Waals surface area contributed by atoms with E-state index in [0.717, 1.165) is 11.3 Å². The van der Waals surface area contributed by atoms with Crippen LogP contribution >= 0.6 is 24.2 Å². The number of anilines is 1. The zero-order valence-corrected chi connectivity index (χ0v) is 13.4. The van der Waals surface area contributed by atoms with Gasteiger partial charge in [-0.3, -0.25) is 9.89 Å². The van der Waals surface area contributed by atoms with Gasteiger partial charge < -0.3 is 11.1 Å². The number of benzene rings is 1. The monoisotopic (exact) mass is 327 g/mol. The molecule has 2 rings (SSSR count). The number of carbonyl (C=O) groups is 1. The van der Waals surface area contributed by atoms with Crippen LogP contribution in [-0.2, 0) is 11.3 Å². The highest BCUT2D eigenvalue weighted by molar-refractivity contribution is 7.99. The fraction of sp³-hybridized carbons (Fsp3) is 0.308. The number of halogens is 1. The molecule has 2 aromatic rings. The van der Waals surface area contributed by atoms with Gasteiger partial charge in [0, 0.05) is 11.3 Å². The number of hydrogen-bond acceptors (Lipinski definition) is 5. The van der Waals surface area contributed by atoms with E-state index >= 15 is 0 Å². The van der Waals surface area contributed by atoms with Crippen LogP contribution in [0.15, 0.2) is 24.3 Å². The van der Waals surface area contributed by atoms with Crippen LogP contribution in [0.1, 0.15) is 12.7 Å². The maximum Gasteiger partial charge on any atom is 0.237 e. The Labute approximate surface area is 133 Å². The third-order valence-electron chi connectivity index (χ3n) is 2.86. The topological polar surface area (TPSA) is 96.7 Å². The quantitative estimate of drug-likeness (QED) is 0.781. The van der Waals surface area contributed by atoms with Gasteiger partial charge in [0.25, 0.3) is 0 Å². The number of amides is 1. The van der Waals surface area contributed by atoms with E-state index in [2.05, 4.69) is 20.5 Å². The molecule has 0 saturated carbocycles. The Hall–Kier alpha value is -1.57. The van der Waals surface area contributed by atoms with Gasteiger partial charge in [-0.2, -0.15) is 16.9 Å². The fourth-order valence-corrected chi connectivity index (χ4v) is 1.84. The van der Waals surface area contributed by atoms with Crippen molar-refractivity contribution in [2.75, 3.05) is 11.6 Å². The highest BCUT2D eigenvalue weighted by Gasteiger charge is 2.11. The zero-order valence-electron chi connectivity index (χ0n) is 11.8. The van der Waals surface area contributed by atoms with Gasteiger partial charge in [0.2, 0.25) is 5.91 Å². The Morgan fingerprint density at radius 1 is 1.43 bits per heavy atom. The van der Waals surface area contributed by atoms with Crippen molar-refractivity contribution in [3.8, 4) is 11.4 Å². The summed E-state index contributed by atoms with van der Waals surface area (Å²) in [5, 5.41) is 9.63. The minimum absolute atomic E-state index is 0. The summed E-state index contributed by atoms with van der Waals surface area (Å²) < 4.78 is 0. The van der Waals surface area contributed by atoms with Gasteiger partial charge in [0.1, 0.15) is 5.82 Å². The number of nitrogens with two attached hydrogens (primary N) is 1. The largest absolute Gasteiger partial charge is 0.325 e. The molecule has 0 aliphatic heterocycles. The van der Waals surface area contributed by atoms with Crippen molar-refractivity contribution < 1.29 is 4.79 Å². The number of hydrogen-bond donors (Lipinski definition) is 3. The van der Waals surface area contributed by atoms with Crippen molar-refractivity contribution in [3.05, 3.63) is 30.1 Å².